The van der Waals surface area contributed by atoms with Gasteiger partial charge in [0.25, 0.3) is 5.91 Å². The Balaban J connectivity index is 1.53. The second-order valence-electron chi connectivity index (χ2n) is 8.43. The molecule has 0 aromatic heterocycles. The van der Waals surface area contributed by atoms with Crippen molar-refractivity contribution in [3.63, 3.8) is 0 Å². The smallest absolute Gasteiger partial charge is 0.262 e. The number of morpholine rings is 1. The van der Waals surface area contributed by atoms with Crippen molar-refractivity contribution in [3.8, 4) is 0 Å². The zero-order valence-corrected chi connectivity index (χ0v) is 19.1. The third-order valence-electron chi connectivity index (χ3n) is 6.17. The number of carbonyl (C=O) groups is 2. The lowest BCUT2D eigenvalue weighted by Gasteiger charge is -2.30. The van der Waals surface area contributed by atoms with E-state index in [0.717, 1.165) is 13.1 Å². The van der Waals surface area contributed by atoms with Gasteiger partial charge in [-0.15, -0.1) is 0 Å². The van der Waals surface area contributed by atoms with E-state index >= 15 is 0 Å². The van der Waals surface area contributed by atoms with Crippen LogP contribution < -0.4 is 0 Å². The monoisotopic (exact) mass is 470 g/mol. The van der Waals surface area contributed by atoms with E-state index in [-0.39, 0.29) is 30.6 Å². The van der Waals surface area contributed by atoms with Gasteiger partial charge in [0.15, 0.2) is 0 Å². The Labute approximate surface area is 197 Å². The second kappa shape index (κ2) is 10.8. The van der Waals surface area contributed by atoms with Crippen LogP contribution in [0, 0.1) is 11.6 Å². The first kappa shape index (κ1) is 24.0. The number of ether oxygens (including phenoxy) is 1. The van der Waals surface area contributed by atoms with Crippen LogP contribution in [0.2, 0.25) is 0 Å². The lowest BCUT2D eigenvalue weighted by molar-refractivity contribution is -0.140. The van der Waals surface area contributed by atoms with Gasteiger partial charge in [0.2, 0.25) is 5.91 Å². The molecule has 2 aromatic rings. The van der Waals surface area contributed by atoms with Crippen molar-refractivity contribution in [2.45, 2.75) is 19.4 Å². The number of halogens is 2. The molecule has 1 fully saturated rings. The maximum Gasteiger partial charge on any atom is 0.262 e. The predicted octanol–water partition coefficient (Wildman–Crippen LogP) is 2.82. The van der Waals surface area contributed by atoms with Crippen molar-refractivity contribution < 1.29 is 23.1 Å². The zero-order chi connectivity index (χ0) is 24.1. The fourth-order valence-corrected chi connectivity index (χ4v) is 4.21. The molecule has 1 saturated heterocycles. The summed E-state index contributed by atoms with van der Waals surface area (Å²) in [6.07, 6.45) is 0.284. The SMILES string of the molecule is CC(=O)N(CCN1CCOCC1)CC(=O)N1N=C(c2ccccc2F)CC1c1ccc(F)cc1. The average Bonchev–Trinajstić information content (AvgIpc) is 3.28. The van der Waals surface area contributed by atoms with E-state index in [2.05, 4.69) is 10.0 Å². The lowest BCUT2D eigenvalue weighted by Crippen LogP contribution is -2.45. The number of hydrogen-bond donors (Lipinski definition) is 0. The number of carbonyl (C=O) groups excluding carboxylic acids is 2. The second-order valence-corrected chi connectivity index (χ2v) is 8.43. The molecule has 0 N–H and O–H groups in total. The summed E-state index contributed by atoms with van der Waals surface area (Å²) in [5.74, 6) is -1.40. The molecule has 2 aliphatic rings. The molecule has 2 heterocycles. The van der Waals surface area contributed by atoms with E-state index in [4.69, 9.17) is 4.74 Å². The fourth-order valence-electron chi connectivity index (χ4n) is 4.21. The highest BCUT2D eigenvalue weighted by Crippen LogP contribution is 2.33. The van der Waals surface area contributed by atoms with Crippen molar-refractivity contribution in [3.05, 3.63) is 71.3 Å². The minimum atomic E-state index is -0.518. The number of hydrazone groups is 1. The summed E-state index contributed by atoms with van der Waals surface area (Å²) >= 11 is 0. The molecule has 2 aromatic carbocycles. The number of hydrogen-bond acceptors (Lipinski definition) is 5. The topological polar surface area (TPSA) is 65.5 Å². The van der Waals surface area contributed by atoms with Gasteiger partial charge in [0.1, 0.15) is 18.2 Å². The zero-order valence-electron chi connectivity index (χ0n) is 19.1. The quantitative estimate of drug-likeness (QED) is 0.624. The van der Waals surface area contributed by atoms with Crippen LogP contribution in [-0.4, -0.2) is 78.3 Å². The Morgan fingerprint density at radius 2 is 1.79 bits per heavy atom. The Bertz CT molecular complexity index is 1050. The van der Waals surface area contributed by atoms with E-state index < -0.39 is 11.9 Å². The number of benzene rings is 2. The summed E-state index contributed by atoms with van der Waals surface area (Å²) in [4.78, 5) is 29.3. The molecule has 0 aliphatic carbocycles. The van der Waals surface area contributed by atoms with Crippen molar-refractivity contribution in [2.75, 3.05) is 45.9 Å². The number of nitrogens with zero attached hydrogens (tertiary/aromatic N) is 4. The first-order chi connectivity index (χ1) is 16.4. The molecule has 0 radical (unpaired) electrons. The largest absolute Gasteiger partial charge is 0.379 e. The first-order valence-electron chi connectivity index (χ1n) is 11.4. The highest BCUT2D eigenvalue weighted by Gasteiger charge is 2.34. The van der Waals surface area contributed by atoms with E-state index in [0.29, 0.717) is 43.1 Å². The average molecular weight is 471 g/mol. The maximum atomic E-state index is 14.4. The molecule has 1 unspecified atom stereocenters. The minimum Gasteiger partial charge on any atom is -0.379 e. The van der Waals surface area contributed by atoms with Gasteiger partial charge in [0, 0.05) is 45.1 Å². The lowest BCUT2D eigenvalue weighted by atomic mass is 9.98. The van der Waals surface area contributed by atoms with E-state index in [9.17, 15) is 18.4 Å². The summed E-state index contributed by atoms with van der Waals surface area (Å²) < 4.78 is 33.3. The molecule has 180 valence electrons. The van der Waals surface area contributed by atoms with Crippen molar-refractivity contribution in [2.24, 2.45) is 5.10 Å². The normalized spacial score (nSPS) is 18.6. The summed E-state index contributed by atoms with van der Waals surface area (Å²) in [5, 5.41) is 5.77. The number of amides is 2. The molecule has 4 rings (SSSR count). The molecule has 1 atom stereocenters. The molecule has 2 aliphatic heterocycles. The van der Waals surface area contributed by atoms with Crippen molar-refractivity contribution >= 4 is 17.5 Å². The van der Waals surface area contributed by atoms with Crippen LogP contribution in [0.3, 0.4) is 0 Å². The summed E-state index contributed by atoms with van der Waals surface area (Å²) in [7, 11) is 0. The van der Waals surface area contributed by atoms with Crippen molar-refractivity contribution in [1.82, 2.24) is 14.8 Å². The molecule has 2 amide bonds. The Hall–Kier alpha value is -3.17. The Kier molecular flexibility index (Phi) is 7.64. The fraction of sp³-hybridized carbons (Fsp3) is 0.400. The van der Waals surface area contributed by atoms with Crippen LogP contribution >= 0.6 is 0 Å². The molecule has 9 heteroatoms. The van der Waals surface area contributed by atoms with Gasteiger partial charge < -0.3 is 9.64 Å². The third-order valence-corrected chi connectivity index (χ3v) is 6.17. The van der Waals surface area contributed by atoms with Crippen molar-refractivity contribution in [1.29, 1.82) is 0 Å². The number of rotatable bonds is 7. The van der Waals surface area contributed by atoms with E-state index in [1.807, 2.05) is 0 Å². The van der Waals surface area contributed by atoms with E-state index in [1.165, 1.54) is 35.0 Å². The van der Waals surface area contributed by atoms with Gasteiger partial charge in [-0.2, -0.15) is 5.10 Å². The molecule has 7 nitrogen and oxygen atoms in total. The van der Waals surface area contributed by atoms with Gasteiger partial charge in [-0.05, 0) is 23.8 Å². The summed E-state index contributed by atoms with van der Waals surface area (Å²) in [6, 6.07) is 11.6. The van der Waals surface area contributed by atoms with Crippen LogP contribution in [0.5, 0.6) is 0 Å². The van der Waals surface area contributed by atoms with E-state index in [1.54, 1.807) is 30.3 Å². The molecule has 0 saturated carbocycles. The molecular weight excluding hydrogens is 442 g/mol. The van der Waals surface area contributed by atoms with Gasteiger partial charge in [-0.1, -0.05) is 30.3 Å². The van der Waals surface area contributed by atoms with Gasteiger partial charge in [-0.25, -0.2) is 13.8 Å². The third kappa shape index (κ3) is 5.66. The predicted molar refractivity (Wildman–Crippen MR) is 123 cm³/mol. The van der Waals surface area contributed by atoms with Crippen LogP contribution in [0.4, 0.5) is 8.78 Å². The Morgan fingerprint density at radius 3 is 2.47 bits per heavy atom. The first-order valence-corrected chi connectivity index (χ1v) is 11.4. The summed E-state index contributed by atoms with van der Waals surface area (Å²) in [6.45, 7) is 5.21. The molecule has 34 heavy (non-hydrogen) atoms. The van der Waals surface area contributed by atoms with Crippen LogP contribution in [0.25, 0.3) is 0 Å². The Morgan fingerprint density at radius 1 is 1.09 bits per heavy atom. The standard InChI is InChI=1S/C25H28F2N4O3/c1-18(32)30(11-10-29-12-14-34-15-13-29)17-25(33)31-24(19-6-8-20(26)9-7-19)16-23(28-31)21-4-2-3-5-22(21)27/h2-9,24H,10-17H2,1H3. The maximum absolute atomic E-state index is 14.4. The van der Waals surface area contributed by atoms with Gasteiger partial charge >= 0.3 is 0 Å². The minimum absolute atomic E-state index is 0.147. The van der Waals surface area contributed by atoms with Gasteiger partial charge in [-0.3, -0.25) is 14.5 Å². The molecule has 0 spiro atoms. The molecule has 0 bridgehead atoms. The van der Waals surface area contributed by atoms with Crippen LogP contribution in [0.1, 0.15) is 30.5 Å². The molecular formula is C25H28F2N4O3. The highest BCUT2D eigenvalue weighted by atomic mass is 19.1. The van der Waals surface area contributed by atoms with Crippen LogP contribution in [0.15, 0.2) is 53.6 Å². The van der Waals surface area contributed by atoms with Crippen LogP contribution in [-0.2, 0) is 14.3 Å². The highest BCUT2D eigenvalue weighted by molar-refractivity contribution is 6.03. The van der Waals surface area contributed by atoms with Gasteiger partial charge in [0.05, 0.1) is 25.0 Å². The summed E-state index contributed by atoms with van der Waals surface area (Å²) in [5.41, 5.74) is 1.44.